The molecule has 2 aliphatic rings. The first-order chi connectivity index (χ1) is 26.0. The maximum atomic E-state index is 14.5. The normalized spacial score (nSPS) is 27.6. The SMILES string of the molecule is CC1=C[C@@H](CC(C)C)NC(=O)[C@@H]2CCCN2C(=O)[C@H](CC(C)C)N(C)C(=O)C[C@@H](O)[C@@H](CC(C)C)NC(=O)[C@H](CC(C)C)N(C)C(=O)[C@H](CC(C)C)N(C)C1=O. The van der Waals surface area contributed by atoms with Crippen molar-refractivity contribution in [3.63, 3.8) is 0 Å². The van der Waals surface area contributed by atoms with Crippen LogP contribution in [0.3, 0.4) is 0 Å². The van der Waals surface area contributed by atoms with Gasteiger partial charge in [-0.2, -0.15) is 0 Å². The van der Waals surface area contributed by atoms with Gasteiger partial charge in [0, 0.05) is 39.3 Å². The van der Waals surface area contributed by atoms with Gasteiger partial charge in [-0.15, -0.1) is 0 Å². The number of likely N-dealkylation sites (N-methyl/N-ethyl adjacent to an activating group) is 3. The largest absolute Gasteiger partial charge is 0.390 e. The summed E-state index contributed by atoms with van der Waals surface area (Å²) in [6.45, 7) is 21.8. The topological polar surface area (TPSA) is 160 Å². The molecule has 56 heavy (non-hydrogen) atoms. The molecule has 13 nitrogen and oxygen atoms in total. The molecule has 0 bridgehead atoms. The van der Waals surface area contributed by atoms with Gasteiger partial charge >= 0.3 is 0 Å². The van der Waals surface area contributed by atoms with E-state index in [0.717, 1.165) is 0 Å². The van der Waals surface area contributed by atoms with E-state index in [2.05, 4.69) is 10.6 Å². The smallest absolute Gasteiger partial charge is 0.249 e. The molecule has 2 aliphatic heterocycles. The van der Waals surface area contributed by atoms with Crippen molar-refractivity contribution in [3.8, 4) is 0 Å². The van der Waals surface area contributed by atoms with Crippen molar-refractivity contribution in [1.29, 1.82) is 0 Å². The number of aliphatic hydroxyl groups is 1. The van der Waals surface area contributed by atoms with Gasteiger partial charge in [-0.05, 0) is 81.5 Å². The molecule has 2 rings (SSSR count). The number of nitrogens with one attached hydrogen (secondary N) is 2. The Morgan fingerprint density at radius 2 is 1.14 bits per heavy atom. The maximum absolute atomic E-state index is 14.5. The highest BCUT2D eigenvalue weighted by molar-refractivity contribution is 5.98. The van der Waals surface area contributed by atoms with Gasteiger partial charge in [-0.25, -0.2) is 0 Å². The van der Waals surface area contributed by atoms with E-state index < -0.39 is 54.2 Å². The van der Waals surface area contributed by atoms with Gasteiger partial charge in [0.25, 0.3) is 0 Å². The summed E-state index contributed by atoms with van der Waals surface area (Å²) in [5.74, 6) is -1.96. The summed E-state index contributed by atoms with van der Waals surface area (Å²) in [5.41, 5.74) is 0.364. The molecule has 3 N–H and O–H groups in total. The second-order valence-corrected chi connectivity index (χ2v) is 18.6. The Labute approximate surface area is 337 Å². The van der Waals surface area contributed by atoms with Crippen LogP contribution in [0, 0.1) is 29.6 Å². The van der Waals surface area contributed by atoms with E-state index in [1.807, 2.05) is 69.2 Å². The molecule has 7 atom stereocenters. The fourth-order valence-corrected chi connectivity index (χ4v) is 8.00. The van der Waals surface area contributed by atoms with Gasteiger partial charge in [0.1, 0.15) is 24.2 Å². The molecule has 0 aromatic rings. The van der Waals surface area contributed by atoms with Crippen LogP contribution >= 0.6 is 0 Å². The average Bonchev–Trinajstić information content (AvgIpc) is 3.59. The highest BCUT2D eigenvalue weighted by Crippen LogP contribution is 2.25. The van der Waals surface area contributed by atoms with Crippen LogP contribution in [0.25, 0.3) is 0 Å². The minimum absolute atomic E-state index is 0.0232. The average molecular weight is 789 g/mol. The molecule has 0 aromatic carbocycles. The third-order valence-electron chi connectivity index (χ3n) is 11.0. The molecule has 1 saturated heterocycles. The van der Waals surface area contributed by atoms with Crippen molar-refractivity contribution in [3.05, 3.63) is 11.6 Å². The van der Waals surface area contributed by atoms with Gasteiger partial charge in [-0.3, -0.25) is 28.8 Å². The van der Waals surface area contributed by atoms with Crippen LogP contribution in [0.2, 0.25) is 0 Å². The quantitative estimate of drug-likeness (QED) is 0.297. The second-order valence-electron chi connectivity index (χ2n) is 18.6. The molecule has 1 fully saturated rings. The lowest BCUT2D eigenvalue weighted by molar-refractivity contribution is -0.149. The third kappa shape index (κ3) is 13.9. The van der Waals surface area contributed by atoms with Gasteiger partial charge in [-0.1, -0.05) is 75.3 Å². The highest BCUT2D eigenvalue weighted by atomic mass is 16.3. The van der Waals surface area contributed by atoms with E-state index in [0.29, 0.717) is 57.1 Å². The Balaban J connectivity index is 2.79. The number of hydrogen-bond acceptors (Lipinski definition) is 7. The maximum Gasteiger partial charge on any atom is 0.249 e. The Hall–Kier alpha value is -3.48. The monoisotopic (exact) mass is 789 g/mol. The van der Waals surface area contributed by atoms with E-state index in [1.165, 1.54) is 14.7 Å². The Kier molecular flexibility index (Phi) is 19.0. The lowest BCUT2D eigenvalue weighted by atomic mass is 9.94. The first-order valence-electron chi connectivity index (χ1n) is 21.0. The Morgan fingerprint density at radius 3 is 1.66 bits per heavy atom. The molecule has 0 spiro atoms. The zero-order valence-electron chi connectivity index (χ0n) is 37.1. The van der Waals surface area contributed by atoms with Crippen LogP contribution in [-0.4, -0.2) is 130 Å². The molecule has 0 aliphatic carbocycles. The van der Waals surface area contributed by atoms with E-state index in [9.17, 15) is 33.9 Å². The molecular weight excluding hydrogens is 713 g/mol. The van der Waals surface area contributed by atoms with E-state index in [-0.39, 0.29) is 59.6 Å². The van der Waals surface area contributed by atoms with E-state index >= 15 is 0 Å². The van der Waals surface area contributed by atoms with E-state index in [1.54, 1.807) is 39.0 Å². The summed E-state index contributed by atoms with van der Waals surface area (Å²) in [6, 6.07) is -4.75. The van der Waals surface area contributed by atoms with Crippen LogP contribution in [0.15, 0.2) is 11.6 Å². The first-order valence-corrected chi connectivity index (χ1v) is 21.0. The molecule has 0 aromatic heterocycles. The lowest BCUT2D eigenvalue weighted by Crippen LogP contribution is -2.58. The summed E-state index contributed by atoms with van der Waals surface area (Å²) < 4.78 is 0. The van der Waals surface area contributed by atoms with Crippen molar-refractivity contribution in [2.24, 2.45) is 29.6 Å². The van der Waals surface area contributed by atoms with Gasteiger partial charge in [0.15, 0.2) is 0 Å². The zero-order valence-corrected chi connectivity index (χ0v) is 37.1. The fraction of sp³-hybridized carbons (Fsp3) is 0.814. The van der Waals surface area contributed by atoms with Crippen LogP contribution in [0.1, 0.15) is 128 Å². The number of hydrogen-bond donors (Lipinski definition) is 3. The van der Waals surface area contributed by atoms with Gasteiger partial charge < -0.3 is 35.3 Å². The number of nitrogens with zero attached hydrogens (tertiary/aromatic N) is 4. The van der Waals surface area contributed by atoms with Crippen molar-refractivity contribution >= 4 is 35.4 Å². The standard InChI is InChI=1S/C43H76N6O7/c1-25(2)18-31-23-30(11)41(54)48(14)35(21-28(7)8)42(55)47(13)34(20-27(5)6)40(53)45-32(19-26(3)4)37(50)24-38(51)46(12)36(22-29(9)10)43(56)49-17-15-16-33(49)39(52)44-31/h23,25-29,31-37,50H,15-22,24H2,1-14H3,(H,44,52)(H,45,53)/t31-,32-,33+,34+,35+,36+,37-/m1/s1. The fourth-order valence-electron chi connectivity index (χ4n) is 8.00. The number of carbonyl (C=O) groups is 6. The van der Waals surface area contributed by atoms with Crippen LogP contribution in [0.5, 0.6) is 0 Å². The highest BCUT2D eigenvalue weighted by Gasteiger charge is 2.42. The summed E-state index contributed by atoms with van der Waals surface area (Å²) in [5, 5.41) is 17.7. The summed E-state index contributed by atoms with van der Waals surface area (Å²) >= 11 is 0. The third-order valence-corrected chi connectivity index (χ3v) is 11.0. The molecular formula is C43H76N6O7. The predicted octanol–water partition coefficient (Wildman–Crippen LogP) is 4.37. The minimum atomic E-state index is -1.28. The molecule has 13 heteroatoms. The molecule has 2 heterocycles. The second kappa shape index (κ2) is 21.9. The van der Waals surface area contributed by atoms with Crippen molar-refractivity contribution in [2.45, 2.75) is 170 Å². The van der Waals surface area contributed by atoms with Crippen LogP contribution in [0.4, 0.5) is 0 Å². The number of fused-ring (bicyclic) bond motifs is 1. The van der Waals surface area contributed by atoms with Crippen LogP contribution < -0.4 is 10.6 Å². The first kappa shape index (κ1) is 48.7. The number of carbonyl (C=O) groups excluding carboxylic acids is 6. The van der Waals surface area contributed by atoms with Gasteiger partial charge in [0.05, 0.1) is 18.6 Å². The molecule has 0 radical (unpaired) electrons. The molecule has 0 saturated carbocycles. The predicted molar refractivity (Wildman–Crippen MR) is 220 cm³/mol. The summed E-state index contributed by atoms with van der Waals surface area (Å²) in [7, 11) is 4.75. The Bertz CT molecular complexity index is 1390. The summed E-state index contributed by atoms with van der Waals surface area (Å²) in [4.78, 5) is 91.0. The minimum Gasteiger partial charge on any atom is -0.390 e. The molecule has 320 valence electrons. The molecule has 6 amide bonds. The van der Waals surface area contributed by atoms with Gasteiger partial charge in [0.2, 0.25) is 35.4 Å². The van der Waals surface area contributed by atoms with E-state index in [4.69, 9.17) is 0 Å². The lowest BCUT2D eigenvalue weighted by Gasteiger charge is -2.37. The summed E-state index contributed by atoms with van der Waals surface area (Å²) in [6.07, 6.45) is 3.16. The zero-order chi connectivity index (χ0) is 42.8. The number of amides is 6. The van der Waals surface area contributed by atoms with Crippen molar-refractivity contribution < 1.29 is 33.9 Å². The molecule has 0 unspecified atom stereocenters. The number of rotatable bonds is 10. The van der Waals surface area contributed by atoms with Crippen molar-refractivity contribution in [1.82, 2.24) is 30.2 Å². The van der Waals surface area contributed by atoms with Crippen LogP contribution in [-0.2, 0) is 28.8 Å². The Morgan fingerprint density at radius 1 is 0.643 bits per heavy atom. The van der Waals surface area contributed by atoms with Crippen molar-refractivity contribution in [2.75, 3.05) is 27.7 Å². The number of aliphatic hydroxyl groups excluding tert-OH is 1.